The Hall–Kier alpha value is 0.824. The Kier molecular flexibility index (Phi) is 16.1. The second-order valence-corrected chi connectivity index (χ2v) is 1.92. The Balaban J connectivity index is -0.0000000800. The molecule has 0 saturated heterocycles. The zero-order chi connectivity index (χ0) is 7.21. The standard InChI is InChI=1S/C3H7.H3O4P.Ti/c1-3-2;1-5(2,3)4;/h3H,1-2H3;(H3,1,2,3,4);/q-1;;+4/p-3. The van der Waals surface area contributed by atoms with Crippen LogP contribution in [0, 0.1) is 6.42 Å². The van der Waals surface area contributed by atoms with Crippen molar-refractivity contribution in [1.29, 1.82) is 0 Å². The van der Waals surface area contributed by atoms with Gasteiger partial charge in [0, 0.05) is 0 Å². The SMILES string of the molecule is C[CH-]C.O=P([O-])([O-])[O-].[Ti+4]. The van der Waals surface area contributed by atoms with Gasteiger partial charge in [-0.2, -0.15) is 21.7 Å². The van der Waals surface area contributed by atoms with Gasteiger partial charge in [0.05, 0.1) is 0 Å². The minimum Gasteiger partial charge on any atom is -0.822 e. The quantitative estimate of drug-likeness (QED) is 0.259. The molecule has 0 aliphatic carbocycles. The van der Waals surface area contributed by atoms with Crippen LogP contribution in [0.1, 0.15) is 13.8 Å². The van der Waals surface area contributed by atoms with E-state index in [9.17, 15) is 0 Å². The average molecular weight is 186 g/mol. The van der Waals surface area contributed by atoms with Gasteiger partial charge in [0.1, 0.15) is 0 Å². The number of hydrogen-bond acceptors (Lipinski definition) is 4. The Labute approximate surface area is 69.4 Å². The van der Waals surface area contributed by atoms with Crippen LogP contribution in [0.25, 0.3) is 0 Å². The smallest absolute Gasteiger partial charge is 0.822 e. The van der Waals surface area contributed by atoms with Crippen LogP contribution in [-0.2, 0) is 26.3 Å². The molecule has 0 aromatic rings. The second kappa shape index (κ2) is 8.82. The molecular weight excluding hydrogens is 179 g/mol. The first-order valence-electron chi connectivity index (χ1n) is 1.88. The van der Waals surface area contributed by atoms with Crippen molar-refractivity contribution in [2.45, 2.75) is 13.8 Å². The molecule has 0 aromatic heterocycles. The van der Waals surface area contributed by atoms with Gasteiger partial charge in [0.15, 0.2) is 0 Å². The summed E-state index contributed by atoms with van der Waals surface area (Å²) >= 11 is 0. The summed E-state index contributed by atoms with van der Waals surface area (Å²) < 4.78 is 8.55. The fourth-order valence-electron chi connectivity index (χ4n) is 0. The first-order valence-corrected chi connectivity index (χ1v) is 3.35. The van der Waals surface area contributed by atoms with Crippen LogP contribution in [0.3, 0.4) is 0 Å². The first kappa shape index (κ1) is 16.4. The van der Waals surface area contributed by atoms with Gasteiger partial charge < -0.3 is 25.7 Å². The summed E-state index contributed by atoms with van der Waals surface area (Å²) in [6.45, 7) is 4.00. The molecule has 0 heterocycles. The fourth-order valence-corrected chi connectivity index (χ4v) is 0. The maximum atomic E-state index is 8.55. The van der Waals surface area contributed by atoms with Crippen LogP contribution in [0.2, 0.25) is 0 Å². The summed E-state index contributed by atoms with van der Waals surface area (Å²) in [5, 5.41) is 0. The first-order chi connectivity index (χ1) is 3.41. The van der Waals surface area contributed by atoms with Crippen molar-refractivity contribution in [3.05, 3.63) is 6.42 Å². The molecule has 0 fully saturated rings. The largest absolute Gasteiger partial charge is 4.00 e. The van der Waals surface area contributed by atoms with E-state index < -0.39 is 7.82 Å². The summed E-state index contributed by atoms with van der Waals surface area (Å²) in [6, 6.07) is 0. The Morgan fingerprint density at radius 1 is 1.22 bits per heavy atom. The van der Waals surface area contributed by atoms with Crippen LogP contribution in [0.4, 0.5) is 0 Å². The second-order valence-electron chi connectivity index (χ2n) is 1.02. The van der Waals surface area contributed by atoms with Crippen molar-refractivity contribution in [2.24, 2.45) is 0 Å². The van der Waals surface area contributed by atoms with Crippen molar-refractivity contribution >= 4 is 7.82 Å². The van der Waals surface area contributed by atoms with Gasteiger partial charge in [-0.05, 0) is 0 Å². The summed E-state index contributed by atoms with van der Waals surface area (Å²) in [4.78, 5) is 25.6. The summed E-state index contributed by atoms with van der Waals surface area (Å²) in [7, 11) is -5.39. The van der Waals surface area contributed by atoms with Crippen molar-refractivity contribution in [3.63, 3.8) is 0 Å². The van der Waals surface area contributed by atoms with Gasteiger partial charge in [-0.25, -0.2) is 0 Å². The van der Waals surface area contributed by atoms with Gasteiger partial charge in [-0.1, -0.05) is 0 Å². The zero-order valence-electron chi connectivity index (χ0n) is 5.16. The normalized spacial score (nSPS) is 8.56. The van der Waals surface area contributed by atoms with Crippen molar-refractivity contribution in [1.82, 2.24) is 0 Å². The summed E-state index contributed by atoms with van der Waals surface area (Å²) in [6.07, 6.45) is 2.00. The van der Waals surface area contributed by atoms with E-state index in [4.69, 9.17) is 19.2 Å². The maximum Gasteiger partial charge on any atom is 4.00 e. The maximum absolute atomic E-state index is 8.55. The predicted octanol–water partition coefficient (Wildman–Crippen LogP) is -1.60. The average Bonchev–Trinajstić information content (AvgIpc) is 1.27. The minimum atomic E-state index is -5.39. The van der Waals surface area contributed by atoms with Crippen molar-refractivity contribution < 1.29 is 41.0 Å². The Morgan fingerprint density at radius 2 is 1.22 bits per heavy atom. The van der Waals surface area contributed by atoms with E-state index in [2.05, 4.69) is 0 Å². The van der Waals surface area contributed by atoms with Gasteiger partial charge >= 0.3 is 21.7 Å². The van der Waals surface area contributed by atoms with Crippen LogP contribution in [0.15, 0.2) is 0 Å². The van der Waals surface area contributed by atoms with Crippen LogP contribution >= 0.6 is 7.82 Å². The van der Waals surface area contributed by atoms with E-state index in [1.807, 2.05) is 20.3 Å². The minimum absolute atomic E-state index is 0. The molecule has 0 aliphatic rings. The third-order valence-corrected chi connectivity index (χ3v) is 0. The molecule has 52 valence electrons. The number of hydrogen-bond donors (Lipinski definition) is 0. The summed E-state index contributed by atoms with van der Waals surface area (Å²) in [5.41, 5.74) is 0. The summed E-state index contributed by atoms with van der Waals surface area (Å²) in [5.74, 6) is 0. The fraction of sp³-hybridized carbons (Fsp3) is 0.667. The van der Waals surface area contributed by atoms with Crippen molar-refractivity contribution in [3.8, 4) is 0 Å². The molecule has 0 amide bonds. The van der Waals surface area contributed by atoms with E-state index >= 15 is 0 Å². The molecule has 0 saturated carbocycles. The molecule has 0 N–H and O–H groups in total. The molecular formula is C3H7O4PTi. The van der Waals surface area contributed by atoms with Crippen LogP contribution < -0.4 is 14.7 Å². The van der Waals surface area contributed by atoms with E-state index in [1.54, 1.807) is 0 Å². The molecule has 6 heteroatoms. The van der Waals surface area contributed by atoms with E-state index in [1.165, 1.54) is 0 Å². The van der Waals surface area contributed by atoms with E-state index in [0.717, 1.165) is 0 Å². The van der Waals surface area contributed by atoms with Crippen LogP contribution in [-0.4, -0.2) is 0 Å². The molecule has 0 aromatic carbocycles. The molecule has 9 heavy (non-hydrogen) atoms. The molecule has 0 aliphatic heterocycles. The van der Waals surface area contributed by atoms with Gasteiger partial charge in [-0.15, -0.1) is 0 Å². The Morgan fingerprint density at radius 3 is 1.22 bits per heavy atom. The monoisotopic (exact) mass is 186 g/mol. The molecule has 0 rings (SSSR count). The molecule has 0 spiro atoms. The van der Waals surface area contributed by atoms with E-state index in [-0.39, 0.29) is 21.7 Å². The Bertz CT molecular complexity index is 71.6. The van der Waals surface area contributed by atoms with Crippen molar-refractivity contribution in [2.75, 3.05) is 0 Å². The predicted molar refractivity (Wildman–Crippen MR) is 23.3 cm³/mol. The third-order valence-electron chi connectivity index (χ3n) is 0. The molecule has 0 radical (unpaired) electrons. The number of rotatable bonds is 0. The van der Waals surface area contributed by atoms with E-state index in [0.29, 0.717) is 0 Å². The molecule has 0 bridgehead atoms. The van der Waals surface area contributed by atoms with Gasteiger partial charge in [-0.3, -0.25) is 0 Å². The zero-order valence-corrected chi connectivity index (χ0v) is 7.61. The van der Waals surface area contributed by atoms with Gasteiger partial charge in [0.25, 0.3) is 0 Å². The molecule has 0 unspecified atom stereocenters. The molecule has 4 nitrogen and oxygen atoms in total. The molecule has 0 atom stereocenters. The number of phosphoric acid groups is 1. The third kappa shape index (κ3) is 605. The topological polar surface area (TPSA) is 86.2 Å². The van der Waals surface area contributed by atoms with Crippen LogP contribution in [0.5, 0.6) is 0 Å². The van der Waals surface area contributed by atoms with Gasteiger partial charge in [0.2, 0.25) is 0 Å².